The van der Waals surface area contributed by atoms with Gasteiger partial charge in [0, 0.05) is 64.9 Å². The number of amides is 3. The standard InChI is InChI=1S/C21H20F3NO3.C20H19F3N2O3.C13H17NO2.C10H11NO2/c1-14(2)25(18-10-5-4-7-15(18)11-12-19(26)28-3)20(27)16-8-6-9-17(13-16)21(22,23)24;1-13(2)25(17-9-4-3-6-14(17)10-11-18(26)24-28)19(27)15-7-5-8-16(12-15)20(21,22)23;1-10(2)14-12-7-5-4-6-11(12)8-9-13(15)16-3;1-13-10(12)7-6-8-4-2-3-5-9(8)11/h4-14H,1-3H3;3-13,28H,1-2H3,(H,24,26);4-10,14H,1-3H3;2-7H,11H2,1H3/b12-11+;11-10+;9-8+;7-6+. The third-order valence-electron chi connectivity index (χ3n) is 11.5. The molecular weight excluding hydrogens is 1110 g/mol. The summed E-state index contributed by atoms with van der Waals surface area (Å²) in [4.78, 5) is 73.2. The van der Waals surface area contributed by atoms with Gasteiger partial charge in [0.05, 0.1) is 43.8 Å². The molecule has 0 aliphatic heterocycles. The average Bonchev–Trinajstić information content (AvgIpc) is 3.55. The van der Waals surface area contributed by atoms with Crippen molar-refractivity contribution in [3.8, 4) is 0 Å². The van der Waals surface area contributed by atoms with Crippen molar-refractivity contribution in [3.63, 3.8) is 0 Å². The molecule has 6 rings (SSSR count). The van der Waals surface area contributed by atoms with E-state index >= 15 is 0 Å². The third kappa shape index (κ3) is 22.8. The molecule has 0 radical (unpaired) electrons. The molecule has 0 aromatic heterocycles. The number of carbonyl (C=O) groups excluding carboxylic acids is 6. The first-order valence-electron chi connectivity index (χ1n) is 26.0. The van der Waals surface area contributed by atoms with E-state index in [1.165, 1.54) is 91.3 Å². The second-order valence-electron chi connectivity index (χ2n) is 18.7. The van der Waals surface area contributed by atoms with E-state index in [0.717, 1.165) is 47.2 Å². The zero-order valence-corrected chi connectivity index (χ0v) is 48.1. The number of rotatable bonds is 16. The SMILES string of the molecule is CC(C)N(C(=O)c1cccc(C(F)(F)F)c1)c1ccccc1/C=C/C(=O)NO.COC(=O)/C=C/c1ccccc1N.COC(=O)/C=C/c1ccccc1N(C(=O)c1cccc(C(F)(F)F)c1)C(C)C.COC(=O)/C=C/c1ccccc1NC(C)C. The number of anilines is 4. The van der Waals surface area contributed by atoms with Crippen molar-refractivity contribution in [2.24, 2.45) is 0 Å². The van der Waals surface area contributed by atoms with Crippen LogP contribution in [0.2, 0.25) is 0 Å². The molecule has 85 heavy (non-hydrogen) atoms. The Kier molecular flexibility index (Phi) is 27.8. The molecule has 0 saturated heterocycles. The van der Waals surface area contributed by atoms with Crippen molar-refractivity contribution in [2.75, 3.05) is 42.2 Å². The Morgan fingerprint density at radius 2 is 0.835 bits per heavy atom. The van der Waals surface area contributed by atoms with Gasteiger partial charge in [0.15, 0.2) is 0 Å². The molecule has 6 aromatic carbocycles. The van der Waals surface area contributed by atoms with E-state index in [1.807, 2.05) is 42.5 Å². The Hall–Kier alpha value is -9.76. The quantitative estimate of drug-likeness (QED) is 0.0136. The zero-order valence-electron chi connectivity index (χ0n) is 48.1. The molecule has 3 amide bonds. The second kappa shape index (κ2) is 34.0. The number of nitrogens with zero attached hydrogens (tertiary/aromatic N) is 2. The summed E-state index contributed by atoms with van der Waals surface area (Å²) in [5.41, 5.74) is 10.5. The number of nitrogen functional groups attached to an aromatic ring is 1. The molecule has 0 aliphatic carbocycles. The van der Waals surface area contributed by atoms with E-state index in [2.05, 4.69) is 33.4 Å². The lowest BCUT2D eigenvalue weighted by Crippen LogP contribution is -2.37. The number of benzene rings is 6. The van der Waals surface area contributed by atoms with Crippen LogP contribution in [0, 0.1) is 0 Å². The minimum atomic E-state index is -4.56. The number of nitrogens with one attached hydrogen (secondary N) is 2. The van der Waals surface area contributed by atoms with Crippen LogP contribution >= 0.6 is 0 Å². The summed E-state index contributed by atoms with van der Waals surface area (Å²) in [6.45, 7) is 11.1. The molecule has 5 N–H and O–H groups in total. The Balaban J connectivity index is 0.000000311. The van der Waals surface area contributed by atoms with Crippen molar-refractivity contribution in [1.82, 2.24) is 5.48 Å². The van der Waals surface area contributed by atoms with E-state index < -0.39 is 47.2 Å². The molecule has 0 bridgehead atoms. The fraction of sp³-hybridized carbons (Fsp3) is 0.219. The molecular formula is C64H67F6N5O10. The number of methoxy groups -OCH3 is 3. The third-order valence-corrected chi connectivity index (χ3v) is 11.5. The van der Waals surface area contributed by atoms with Crippen LogP contribution in [0.3, 0.4) is 0 Å². The van der Waals surface area contributed by atoms with Crippen LogP contribution in [0.4, 0.5) is 49.1 Å². The lowest BCUT2D eigenvalue weighted by molar-refractivity contribution is -0.138. The minimum absolute atomic E-state index is 0.0738. The molecule has 21 heteroatoms. The Bertz CT molecular complexity index is 3190. The highest BCUT2D eigenvalue weighted by Crippen LogP contribution is 2.33. The van der Waals surface area contributed by atoms with Crippen LogP contribution in [0.25, 0.3) is 24.3 Å². The number of ether oxygens (including phenoxy) is 3. The summed E-state index contributed by atoms with van der Waals surface area (Å²) < 4.78 is 91.6. The van der Waals surface area contributed by atoms with Gasteiger partial charge in [-0.2, -0.15) is 26.3 Å². The van der Waals surface area contributed by atoms with E-state index in [9.17, 15) is 55.1 Å². The lowest BCUT2D eigenvalue weighted by Gasteiger charge is -2.28. The van der Waals surface area contributed by atoms with Crippen LogP contribution in [-0.4, -0.2) is 80.3 Å². The number of nitrogens with two attached hydrogens (primary N) is 1. The number of hydrogen-bond acceptors (Lipinski definition) is 12. The van der Waals surface area contributed by atoms with Gasteiger partial charge in [-0.15, -0.1) is 0 Å². The number of esters is 3. The van der Waals surface area contributed by atoms with Gasteiger partial charge in [-0.05, 0) is 149 Å². The molecule has 6 aromatic rings. The predicted molar refractivity (Wildman–Crippen MR) is 318 cm³/mol. The summed E-state index contributed by atoms with van der Waals surface area (Å²) in [6, 6.07) is 36.7. The van der Waals surface area contributed by atoms with E-state index in [0.29, 0.717) is 34.2 Å². The number of alkyl halides is 6. The number of hydroxylamine groups is 1. The van der Waals surface area contributed by atoms with Gasteiger partial charge in [0.2, 0.25) is 0 Å². The maximum Gasteiger partial charge on any atom is 0.416 e. The summed E-state index contributed by atoms with van der Waals surface area (Å²) >= 11 is 0. The number of para-hydroxylation sites is 4. The highest BCUT2D eigenvalue weighted by atomic mass is 19.4. The van der Waals surface area contributed by atoms with Crippen LogP contribution in [0.1, 0.15) is 95.6 Å². The monoisotopic (exact) mass is 1180 g/mol. The van der Waals surface area contributed by atoms with Crippen molar-refractivity contribution < 1.29 is 74.5 Å². The van der Waals surface area contributed by atoms with Crippen molar-refractivity contribution in [3.05, 3.63) is 214 Å². The first-order chi connectivity index (χ1) is 40.2. The molecule has 0 heterocycles. The summed E-state index contributed by atoms with van der Waals surface area (Å²) in [5.74, 6) is -3.22. The van der Waals surface area contributed by atoms with Gasteiger partial charge in [-0.25, -0.2) is 19.9 Å². The topological polar surface area (TPSA) is 207 Å². The number of hydrogen-bond donors (Lipinski definition) is 4. The number of halogens is 6. The molecule has 15 nitrogen and oxygen atoms in total. The molecule has 0 aliphatic rings. The first-order valence-corrected chi connectivity index (χ1v) is 26.0. The normalized spacial score (nSPS) is 11.3. The Labute approximate surface area is 489 Å². The lowest BCUT2D eigenvalue weighted by atomic mass is 10.1. The van der Waals surface area contributed by atoms with E-state index in [-0.39, 0.29) is 35.1 Å². The largest absolute Gasteiger partial charge is 0.466 e. The molecule has 0 unspecified atom stereocenters. The number of carbonyl (C=O) groups is 6. The van der Waals surface area contributed by atoms with E-state index in [1.54, 1.807) is 94.4 Å². The Morgan fingerprint density at radius 1 is 0.482 bits per heavy atom. The highest BCUT2D eigenvalue weighted by Gasteiger charge is 2.33. The smallest absolute Gasteiger partial charge is 0.416 e. The summed E-state index contributed by atoms with van der Waals surface area (Å²) in [6.07, 6.45) is 2.21. The van der Waals surface area contributed by atoms with Crippen LogP contribution in [0.15, 0.2) is 170 Å². The van der Waals surface area contributed by atoms with Gasteiger partial charge in [-0.3, -0.25) is 19.6 Å². The van der Waals surface area contributed by atoms with Gasteiger partial charge in [0.1, 0.15) is 0 Å². The van der Waals surface area contributed by atoms with E-state index in [4.69, 9.17) is 10.9 Å². The van der Waals surface area contributed by atoms with Crippen molar-refractivity contribution in [2.45, 2.75) is 72.0 Å². The van der Waals surface area contributed by atoms with Crippen LogP contribution in [-0.2, 0) is 45.7 Å². The fourth-order valence-electron chi connectivity index (χ4n) is 7.50. The fourth-order valence-corrected chi connectivity index (χ4v) is 7.50. The average molecular weight is 1180 g/mol. The molecule has 0 saturated carbocycles. The van der Waals surface area contributed by atoms with Crippen LogP contribution in [0.5, 0.6) is 0 Å². The molecule has 450 valence electrons. The van der Waals surface area contributed by atoms with Crippen molar-refractivity contribution >= 4 is 82.7 Å². The maximum atomic E-state index is 13.1. The molecule has 0 fully saturated rings. The first kappa shape index (κ1) is 69.5. The predicted octanol–water partition coefficient (Wildman–Crippen LogP) is 13.4. The van der Waals surface area contributed by atoms with Crippen molar-refractivity contribution in [1.29, 1.82) is 0 Å². The van der Waals surface area contributed by atoms with Gasteiger partial charge in [-0.1, -0.05) is 84.9 Å². The zero-order chi connectivity index (χ0) is 63.4. The minimum Gasteiger partial charge on any atom is -0.466 e. The highest BCUT2D eigenvalue weighted by molar-refractivity contribution is 6.09. The van der Waals surface area contributed by atoms with Gasteiger partial charge < -0.3 is 35.1 Å². The summed E-state index contributed by atoms with van der Waals surface area (Å²) in [5, 5.41) is 11.9. The molecule has 0 atom stereocenters. The Morgan fingerprint density at radius 3 is 1.21 bits per heavy atom. The summed E-state index contributed by atoms with van der Waals surface area (Å²) in [7, 11) is 3.95. The second-order valence-corrected chi connectivity index (χ2v) is 18.7. The maximum absolute atomic E-state index is 13.1. The van der Waals surface area contributed by atoms with Gasteiger partial charge >= 0.3 is 30.3 Å². The van der Waals surface area contributed by atoms with Crippen LogP contribution < -0.4 is 26.3 Å². The molecule has 0 spiro atoms. The van der Waals surface area contributed by atoms with Gasteiger partial charge in [0.25, 0.3) is 17.7 Å².